The number of nitrogens with two attached hydrogens (primary N) is 1. The minimum Gasteiger partial charge on any atom is -0.383 e. The Morgan fingerprint density at radius 1 is 1.35 bits per heavy atom. The van der Waals surface area contributed by atoms with Gasteiger partial charge in [0, 0.05) is 7.05 Å². The number of nitrogens with zero attached hydrogens (tertiary/aromatic N) is 3. The van der Waals surface area contributed by atoms with Gasteiger partial charge in [0.25, 0.3) is 0 Å². The molecular formula is C12H12N4S. The first-order valence-corrected chi connectivity index (χ1v) is 6.12. The molecule has 0 saturated carbocycles. The Bertz CT molecular complexity index is 696. The van der Waals surface area contributed by atoms with Gasteiger partial charge in [-0.05, 0) is 24.6 Å². The Morgan fingerprint density at radius 3 is 2.88 bits per heavy atom. The van der Waals surface area contributed by atoms with Crippen LogP contribution in [0.25, 0.3) is 20.8 Å². The summed E-state index contributed by atoms with van der Waals surface area (Å²) in [6.07, 6.45) is 1.76. The number of benzene rings is 1. The molecule has 5 heteroatoms. The molecule has 1 aromatic carbocycles. The first-order valence-electron chi connectivity index (χ1n) is 5.30. The molecule has 0 amide bonds. The molecule has 0 spiro atoms. The van der Waals surface area contributed by atoms with Crippen molar-refractivity contribution in [2.45, 2.75) is 6.92 Å². The number of aromatic nitrogens is 3. The van der Waals surface area contributed by atoms with Gasteiger partial charge in [0.1, 0.15) is 10.8 Å². The summed E-state index contributed by atoms with van der Waals surface area (Å²) in [6.45, 7) is 2.08. The molecule has 0 fully saturated rings. The number of rotatable bonds is 1. The van der Waals surface area contributed by atoms with Crippen LogP contribution in [0, 0.1) is 6.92 Å². The van der Waals surface area contributed by atoms with Crippen LogP contribution in [0.4, 0.5) is 5.82 Å². The molecule has 0 saturated heterocycles. The minimum absolute atomic E-state index is 0.653. The second-order valence-corrected chi connectivity index (χ2v) is 5.09. The topological polar surface area (TPSA) is 56.7 Å². The van der Waals surface area contributed by atoms with Crippen LogP contribution < -0.4 is 5.73 Å². The van der Waals surface area contributed by atoms with E-state index in [1.165, 1.54) is 10.3 Å². The van der Waals surface area contributed by atoms with Gasteiger partial charge in [-0.3, -0.25) is 4.68 Å². The summed E-state index contributed by atoms with van der Waals surface area (Å²) in [5.74, 6) is 0.653. The third-order valence-electron chi connectivity index (χ3n) is 2.76. The molecule has 3 rings (SSSR count). The average molecular weight is 244 g/mol. The molecule has 2 N–H and O–H groups in total. The number of thiazole rings is 1. The molecule has 3 aromatic rings. The first-order chi connectivity index (χ1) is 8.15. The predicted molar refractivity (Wildman–Crippen MR) is 71.0 cm³/mol. The van der Waals surface area contributed by atoms with E-state index in [0.717, 1.165) is 16.1 Å². The first kappa shape index (κ1) is 10.3. The van der Waals surface area contributed by atoms with Crippen molar-refractivity contribution in [3.63, 3.8) is 0 Å². The third-order valence-corrected chi connectivity index (χ3v) is 3.81. The Morgan fingerprint density at radius 2 is 2.18 bits per heavy atom. The molecule has 0 aliphatic carbocycles. The van der Waals surface area contributed by atoms with Gasteiger partial charge >= 0.3 is 0 Å². The van der Waals surface area contributed by atoms with Gasteiger partial charge in [-0.15, -0.1) is 11.3 Å². The lowest BCUT2D eigenvalue weighted by molar-refractivity contribution is 0.779. The van der Waals surface area contributed by atoms with Crippen molar-refractivity contribution >= 4 is 27.4 Å². The van der Waals surface area contributed by atoms with Crippen LogP contribution in [0.2, 0.25) is 0 Å². The van der Waals surface area contributed by atoms with E-state index in [2.05, 4.69) is 29.1 Å². The van der Waals surface area contributed by atoms with Crippen molar-refractivity contribution < 1.29 is 0 Å². The smallest absolute Gasteiger partial charge is 0.131 e. The van der Waals surface area contributed by atoms with Crippen LogP contribution in [-0.4, -0.2) is 14.8 Å². The molecule has 0 radical (unpaired) electrons. The Labute approximate surface area is 103 Å². The highest BCUT2D eigenvalue weighted by Crippen LogP contribution is 2.33. The maximum absolute atomic E-state index is 5.95. The highest BCUT2D eigenvalue weighted by atomic mass is 32.1. The fraction of sp³-hybridized carbons (Fsp3) is 0.167. The molecule has 0 atom stereocenters. The summed E-state index contributed by atoms with van der Waals surface area (Å²) in [4.78, 5) is 4.58. The number of nitrogen functional groups attached to an aromatic ring is 1. The molecule has 0 bridgehead atoms. The van der Waals surface area contributed by atoms with Crippen molar-refractivity contribution in [3.8, 4) is 10.6 Å². The van der Waals surface area contributed by atoms with Gasteiger partial charge in [-0.2, -0.15) is 5.10 Å². The second-order valence-electron chi connectivity index (χ2n) is 4.06. The standard InChI is InChI=1S/C12H12N4S/c1-7-3-4-9-10(5-7)17-12(15-9)8-6-14-16(2)11(8)13/h3-6H,13H2,1-2H3. The van der Waals surface area contributed by atoms with Gasteiger partial charge in [0.2, 0.25) is 0 Å². The average Bonchev–Trinajstić information content (AvgIpc) is 2.83. The monoisotopic (exact) mass is 244 g/mol. The van der Waals surface area contributed by atoms with E-state index in [1.54, 1.807) is 22.2 Å². The summed E-state index contributed by atoms with van der Waals surface area (Å²) in [5.41, 5.74) is 9.12. The summed E-state index contributed by atoms with van der Waals surface area (Å²) in [5, 5.41) is 5.07. The van der Waals surface area contributed by atoms with Crippen molar-refractivity contribution in [1.29, 1.82) is 0 Å². The van der Waals surface area contributed by atoms with Crippen LogP contribution in [0.1, 0.15) is 5.56 Å². The van der Waals surface area contributed by atoms with E-state index in [-0.39, 0.29) is 0 Å². The van der Waals surface area contributed by atoms with E-state index < -0.39 is 0 Å². The fourth-order valence-corrected chi connectivity index (χ4v) is 2.84. The van der Waals surface area contributed by atoms with Gasteiger partial charge in [0.05, 0.1) is 22.0 Å². The van der Waals surface area contributed by atoms with Crippen molar-refractivity contribution in [1.82, 2.24) is 14.8 Å². The van der Waals surface area contributed by atoms with Crippen LogP contribution in [0.5, 0.6) is 0 Å². The maximum atomic E-state index is 5.95. The second kappa shape index (κ2) is 3.56. The summed E-state index contributed by atoms with van der Waals surface area (Å²) in [6, 6.07) is 6.25. The van der Waals surface area contributed by atoms with Gasteiger partial charge in [-0.25, -0.2) is 4.98 Å². The number of anilines is 1. The lowest BCUT2D eigenvalue weighted by atomic mass is 10.2. The van der Waals surface area contributed by atoms with Crippen LogP contribution >= 0.6 is 11.3 Å². The summed E-state index contributed by atoms with van der Waals surface area (Å²) in [7, 11) is 1.83. The molecule has 0 aliphatic heterocycles. The lowest BCUT2D eigenvalue weighted by Gasteiger charge is -1.94. The highest BCUT2D eigenvalue weighted by molar-refractivity contribution is 7.21. The van der Waals surface area contributed by atoms with Crippen molar-refractivity contribution in [2.75, 3.05) is 5.73 Å². The number of hydrogen-bond acceptors (Lipinski definition) is 4. The summed E-state index contributed by atoms with van der Waals surface area (Å²) < 4.78 is 2.84. The zero-order chi connectivity index (χ0) is 12.0. The molecule has 2 aromatic heterocycles. The van der Waals surface area contributed by atoms with Gasteiger partial charge in [0.15, 0.2) is 0 Å². The van der Waals surface area contributed by atoms with Crippen LogP contribution in [-0.2, 0) is 7.05 Å². The molecule has 86 valence electrons. The van der Waals surface area contributed by atoms with Gasteiger partial charge < -0.3 is 5.73 Å². The molecule has 0 unspecified atom stereocenters. The van der Waals surface area contributed by atoms with Crippen molar-refractivity contribution in [2.24, 2.45) is 7.05 Å². The molecule has 0 aliphatic rings. The normalized spacial score (nSPS) is 11.2. The van der Waals surface area contributed by atoms with E-state index >= 15 is 0 Å². The van der Waals surface area contributed by atoms with E-state index in [0.29, 0.717) is 5.82 Å². The molecule has 2 heterocycles. The number of aryl methyl sites for hydroxylation is 2. The minimum atomic E-state index is 0.653. The third kappa shape index (κ3) is 1.59. The Hall–Kier alpha value is -1.88. The van der Waals surface area contributed by atoms with Crippen LogP contribution in [0.15, 0.2) is 24.4 Å². The fourth-order valence-electron chi connectivity index (χ4n) is 1.76. The Kier molecular flexibility index (Phi) is 2.16. The maximum Gasteiger partial charge on any atom is 0.131 e. The predicted octanol–water partition coefficient (Wildman–Crippen LogP) is 2.59. The number of fused-ring (bicyclic) bond motifs is 1. The molecule has 4 nitrogen and oxygen atoms in total. The Balaban J connectivity index is 2.21. The zero-order valence-corrected chi connectivity index (χ0v) is 10.5. The number of hydrogen-bond donors (Lipinski definition) is 1. The van der Waals surface area contributed by atoms with Crippen molar-refractivity contribution in [3.05, 3.63) is 30.0 Å². The largest absolute Gasteiger partial charge is 0.383 e. The quantitative estimate of drug-likeness (QED) is 0.715. The van der Waals surface area contributed by atoms with Gasteiger partial charge in [-0.1, -0.05) is 6.07 Å². The molecular weight excluding hydrogens is 232 g/mol. The lowest BCUT2D eigenvalue weighted by Crippen LogP contribution is -1.97. The zero-order valence-electron chi connectivity index (χ0n) is 9.64. The van der Waals surface area contributed by atoms with E-state index in [1.807, 2.05) is 13.1 Å². The molecule has 17 heavy (non-hydrogen) atoms. The van der Waals surface area contributed by atoms with E-state index in [9.17, 15) is 0 Å². The summed E-state index contributed by atoms with van der Waals surface area (Å²) >= 11 is 1.65. The SMILES string of the molecule is Cc1ccc2nc(-c3cnn(C)c3N)sc2c1. The van der Waals surface area contributed by atoms with Crippen LogP contribution in [0.3, 0.4) is 0 Å². The highest BCUT2D eigenvalue weighted by Gasteiger charge is 2.12. The van der Waals surface area contributed by atoms with E-state index in [4.69, 9.17) is 5.73 Å².